The van der Waals surface area contributed by atoms with Crippen LogP contribution in [0, 0.1) is 17.3 Å². The maximum absolute atomic E-state index is 13.4. The lowest BCUT2D eigenvalue weighted by Gasteiger charge is -2.46. The number of ether oxygens (including phenoxy) is 2. The second-order valence-corrected chi connectivity index (χ2v) is 12.0. The monoisotopic (exact) mass is 547 g/mol. The van der Waals surface area contributed by atoms with Gasteiger partial charge in [-0.3, -0.25) is 19.6 Å². The van der Waals surface area contributed by atoms with Gasteiger partial charge in [0.1, 0.15) is 0 Å². The molecule has 3 heterocycles. The van der Waals surface area contributed by atoms with E-state index in [0.29, 0.717) is 37.1 Å². The number of carbonyl (C=O) groups is 1. The number of aromatic amines is 1. The minimum atomic E-state index is -0.428. The molecule has 214 valence electrons. The largest absolute Gasteiger partial charge is 0.493 e. The lowest BCUT2D eigenvalue weighted by molar-refractivity contribution is -0.133. The molecule has 1 amide bonds. The Kier molecular flexibility index (Phi) is 7.31. The molecule has 9 nitrogen and oxygen atoms in total. The van der Waals surface area contributed by atoms with Crippen molar-refractivity contribution in [2.75, 3.05) is 38.8 Å². The van der Waals surface area contributed by atoms with Crippen LogP contribution in [-0.2, 0) is 24.1 Å². The molecule has 2 fully saturated rings. The summed E-state index contributed by atoms with van der Waals surface area (Å²) in [6.07, 6.45) is 10.4. The first-order valence-corrected chi connectivity index (χ1v) is 14.9. The molecular formula is C31H41N5O4. The molecule has 1 saturated carbocycles. The zero-order valence-electron chi connectivity index (χ0n) is 23.8. The summed E-state index contributed by atoms with van der Waals surface area (Å²) in [6.45, 7) is 2.10. The molecule has 9 heteroatoms. The van der Waals surface area contributed by atoms with Crippen molar-refractivity contribution < 1.29 is 14.3 Å². The van der Waals surface area contributed by atoms with Crippen molar-refractivity contribution in [1.29, 1.82) is 0 Å². The lowest BCUT2D eigenvalue weighted by Crippen LogP contribution is -2.52. The van der Waals surface area contributed by atoms with Crippen LogP contribution in [0.3, 0.4) is 0 Å². The highest BCUT2D eigenvalue weighted by Gasteiger charge is 2.46. The van der Waals surface area contributed by atoms with E-state index in [9.17, 15) is 9.59 Å². The van der Waals surface area contributed by atoms with Crippen LogP contribution in [0.4, 0.5) is 5.95 Å². The number of hydrogen-bond acceptors (Lipinski definition) is 7. The molecule has 1 unspecified atom stereocenters. The number of H-pyrrole nitrogens is 1. The fourth-order valence-electron chi connectivity index (χ4n) is 7.72. The molecule has 4 aliphatic rings. The number of nitrogens with one attached hydrogen (secondary N) is 1. The summed E-state index contributed by atoms with van der Waals surface area (Å²) < 4.78 is 11.1. The Bertz CT molecular complexity index is 1370. The van der Waals surface area contributed by atoms with Gasteiger partial charge in [-0.2, -0.15) is 0 Å². The van der Waals surface area contributed by atoms with Gasteiger partial charge in [-0.1, -0.05) is 19.3 Å². The van der Waals surface area contributed by atoms with Crippen LogP contribution in [-0.4, -0.2) is 55.4 Å². The van der Waals surface area contributed by atoms with Crippen LogP contribution >= 0.6 is 0 Å². The van der Waals surface area contributed by atoms with Crippen LogP contribution < -0.4 is 25.7 Å². The molecule has 3 N–H and O–H groups in total. The van der Waals surface area contributed by atoms with E-state index in [0.717, 1.165) is 79.8 Å². The number of nitrogens with zero attached hydrogens (tertiary/aromatic N) is 3. The predicted octanol–water partition coefficient (Wildman–Crippen LogP) is 3.59. The number of benzene rings is 1. The molecule has 0 radical (unpaired) electrons. The van der Waals surface area contributed by atoms with E-state index in [1.165, 1.54) is 24.8 Å². The van der Waals surface area contributed by atoms with Crippen molar-refractivity contribution in [3.63, 3.8) is 0 Å². The van der Waals surface area contributed by atoms with Gasteiger partial charge >= 0.3 is 0 Å². The van der Waals surface area contributed by atoms with Crippen LogP contribution in [0.25, 0.3) is 0 Å². The van der Waals surface area contributed by atoms with Gasteiger partial charge in [0.15, 0.2) is 11.5 Å². The van der Waals surface area contributed by atoms with Gasteiger partial charge < -0.3 is 20.1 Å². The third-order valence-corrected chi connectivity index (χ3v) is 10.0. The molecule has 0 spiro atoms. The summed E-state index contributed by atoms with van der Waals surface area (Å²) in [5, 5.41) is 0. The first-order valence-electron chi connectivity index (χ1n) is 14.9. The van der Waals surface area contributed by atoms with Gasteiger partial charge in [0.05, 0.1) is 25.3 Å². The molecule has 1 aromatic carbocycles. The second kappa shape index (κ2) is 10.9. The number of anilines is 1. The fraction of sp³-hybridized carbons (Fsp3) is 0.613. The Balaban J connectivity index is 1.20. The molecule has 40 heavy (non-hydrogen) atoms. The number of rotatable bonds is 6. The lowest BCUT2D eigenvalue weighted by atomic mass is 9.63. The van der Waals surface area contributed by atoms with Gasteiger partial charge in [-0.05, 0) is 75.0 Å². The fourth-order valence-corrected chi connectivity index (χ4v) is 7.72. The number of piperidine rings is 1. The number of aliphatic imine (C=N–C) groups is 1. The quantitative estimate of drug-likeness (QED) is 0.570. The van der Waals surface area contributed by atoms with Gasteiger partial charge in [-0.15, -0.1) is 0 Å². The molecule has 6 rings (SSSR count). The predicted molar refractivity (Wildman–Crippen MR) is 155 cm³/mol. The number of amides is 1. The Morgan fingerprint density at radius 1 is 1.05 bits per heavy atom. The molecule has 2 aliphatic heterocycles. The highest BCUT2D eigenvalue weighted by Crippen LogP contribution is 2.46. The van der Waals surface area contributed by atoms with E-state index in [2.05, 4.69) is 16.0 Å². The van der Waals surface area contributed by atoms with E-state index < -0.39 is 5.41 Å². The topological polar surface area (TPSA) is 123 Å². The zero-order valence-corrected chi connectivity index (χ0v) is 23.8. The van der Waals surface area contributed by atoms with Crippen molar-refractivity contribution >= 4 is 17.6 Å². The van der Waals surface area contributed by atoms with E-state index in [4.69, 9.17) is 25.2 Å². The van der Waals surface area contributed by atoms with Crippen molar-refractivity contribution in [1.82, 2.24) is 9.97 Å². The van der Waals surface area contributed by atoms with Crippen LogP contribution in [0.2, 0.25) is 0 Å². The van der Waals surface area contributed by atoms with Crippen LogP contribution in [0.15, 0.2) is 21.9 Å². The van der Waals surface area contributed by atoms with Crippen LogP contribution in [0.5, 0.6) is 11.5 Å². The Morgan fingerprint density at radius 2 is 1.77 bits per heavy atom. The van der Waals surface area contributed by atoms with Crippen molar-refractivity contribution in [2.45, 2.75) is 70.6 Å². The summed E-state index contributed by atoms with van der Waals surface area (Å²) >= 11 is 0. The summed E-state index contributed by atoms with van der Waals surface area (Å²) in [7, 11) is 3.30. The highest BCUT2D eigenvalue weighted by atomic mass is 16.5. The van der Waals surface area contributed by atoms with E-state index in [1.807, 2.05) is 6.07 Å². The number of fused-ring (bicyclic) bond motifs is 2. The Morgan fingerprint density at radius 3 is 2.48 bits per heavy atom. The number of methoxy groups -OCH3 is 2. The average molecular weight is 548 g/mol. The Labute approximate surface area is 235 Å². The number of nitrogens with two attached hydrogens (primary N) is 1. The van der Waals surface area contributed by atoms with E-state index in [-0.39, 0.29) is 17.4 Å². The average Bonchev–Trinajstić information content (AvgIpc) is 3.00. The highest BCUT2D eigenvalue weighted by molar-refractivity contribution is 6.05. The minimum absolute atomic E-state index is 0.0623. The summed E-state index contributed by atoms with van der Waals surface area (Å²) in [5.41, 5.74) is 10.5. The number of aromatic nitrogens is 2. The van der Waals surface area contributed by atoms with Gasteiger partial charge in [0, 0.05) is 42.4 Å². The first-order chi connectivity index (χ1) is 19.4. The first kappa shape index (κ1) is 26.8. The molecule has 1 aromatic heterocycles. The maximum atomic E-state index is 13.4. The standard InChI is InChI=1S/C31H41N5O4/c1-39-25-17-19-10-13-33-27(22(19)18-26(25)40-2)20-8-9-24-23(16-20)28(37)35-30(34-24)36-14-11-31(12-15-36,29(32)38)21-6-4-3-5-7-21/h17-18,20-21H,3-16H2,1-2H3,(H2,32,38)(H,34,35,37). The summed E-state index contributed by atoms with van der Waals surface area (Å²) in [4.78, 5) is 41.2. The van der Waals surface area contributed by atoms with Gasteiger partial charge in [0.2, 0.25) is 11.9 Å². The van der Waals surface area contributed by atoms with E-state index >= 15 is 0 Å². The smallest absolute Gasteiger partial charge is 0.255 e. The van der Waals surface area contributed by atoms with E-state index in [1.54, 1.807) is 14.2 Å². The molecule has 1 atom stereocenters. The van der Waals surface area contributed by atoms with Crippen LogP contribution in [0.1, 0.15) is 73.8 Å². The third-order valence-electron chi connectivity index (χ3n) is 10.0. The third kappa shape index (κ3) is 4.67. The molecule has 2 aromatic rings. The van der Waals surface area contributed by atoms with Crippen molar-refractivity contribution in [3.8, 4) is 11.5 Å². The Hall–Kier alpha value is -3.36. The maximum Gasteiger partial charge on any atom is 0.255 e. The number of primary amides is 1. The molecule has 0 bridgehead atoms. The van der Waals surface area contributed by atoms with Crippen molar-refractivity contribution in [3.05, 3.63) is 44.9 Å². The van der Waals surface area contributed by atoms with Gasteiger partial charge in [-0.25, -0.2) is 4.98 Å². The summed E-state index contributed by atoms with van der Waals surface area (Å²) in [6, 6.07) is 4.09. The molecule has 1 saturated heterocycles. The zero-order chi connectivity index (χ0) is 27.9. The number of carbonyl (C=O) groups excluding carboxylic acids is 1. The SMILES string of the molecule is COc1cc2c(cc1OC)C(C1CCc3nc(N4CCC(C(N)=O)(C5CCCCC5)CC4)[nH]c(=O)c3C1)=NCC2. The summed E-state index contributed by atoms with van der Waals surface area (Å²) in [5.74, 6) is 2.43. The second-order valence-electron chi connectivity index (χ2n) is 12.0. The number of aryl methyl sites for hydroxylation is 1. The van der Waals surface area contributed by atoms with Crippen molar-refractivity contribution in [2.24, 2.45) is 28.0 Å². The molecule has 2 aliphatic carbocycles. The van der Waals surface area contributed by atoms with Gasteiger partial charge in [0.25, 0.3) is 5.56 Å². The molecular weight excluding hydrogens is 506 g/mol. The minimum Gasteiger partial charge on any atom is -0.493 e. The normalized spacial score (nSPS) is 22.6. The number of hydrogen-bond donors (Lipinski definition) is 2.